The maximum atomic E-state index is 13.0. The Labute approximate surface area is 239 Å². The van der Waals surface area contributed by atoms with E-state index in [0.29, 0.717) is 41.4 Å². The number of aliphatic hydroxyl groups excluding tert-OH is 1. The van der Waals surface area contributed by atoms with Crippen LogP contribution in [0.1, 0.15) is 34.8 Å². The largest absolute Gasteiger partial charge is 0.393 e. The Morgan fingerprint density at radius 2 is 1.93 bits per heavy atom. The first-order valence-corrected chi connectivity index (χ1v) is 15.6. The molecule has 2 aliphatic rings. The molecule has 1 unspecified atom stereocenters. The lowest BCUT2D eigenvalue weighted by molar-refractivity contribution is -0.360. The number of likely N-dealkylation sites (N-methyl/N-ethyl adjacent to an activating group) is 1. The van der Waals surface area contributed by atoms with Crippen LogP contribution >= 0.6 is 11.3 Å². The number of alkyl halides is 3. The van der Waals surface area contributed by atoms with Crippen molar-refractivity contribution in [2.45, 2.75) is 56.1 Å². The number of nitrogens with zero attached hydrogens (tertiary/aromatic N) is 5. The summed E-state index contributed by atoms with van der Waals surface area (Å²) >= 11 is 0.994. The lowest BCUT2D eigenvalue weighted by Crippen LogP contribution is -2.38. The summed E-state index contributed by atoms with van der Waals surface area (Å²) in [6, 6.07) is 9.02. The minimum Gasteiger partial charge on any atom is -0.391 e. The third kappa shape index (κ3) is 6.68. The molecule has 3 aromatic rings. The molecule has 1 aliphatic carbocycles. The Kier molecular flexibility index (Phi) is 8.07. The molecule has 1 aromatic carbocycles. The van der Waals surface area contributed by atoms with E-state index in [1.54, 1.807) is 26.5 Å². The number of rotatable bonds is 9. The second-order valence-electron chi connectivity index (χ2n) is 10.4. The van der Waals surface area contributed by atoms with E-state index in [4.69, 9.17) is 0 Å². The Hall–Kier alpha value is -3.14. The van der Waals surface area contributed by atoms with Crippen molar-refractivity contribution in [3.05, 3.63) is 46.3 Å². The van der Waals surface area contributed by atoms with Gasteiger partial charge in [0, 0.05) is 40.8 Å². The second kappa shape index (κ2) is 11.3. The molecule has 2 aromatic heterocycles. The number of anilines is 2. The van der Waals surface area contributed by atoms with Crippen molar-refractivity contribution >= 4 is 55.8 Å². The predicted octanol–water partition coefficient (Wildman–Crippen LogP) is 3.08. The Morgan fingerprint density at radius 1 is 1.20 bits per heavy atom. The van der Waals surface area contributed by atoms with Crippen LogP contribution in [-0.2, 0) is 23.0 Å². The molecule has 3 N–H and O–H groups in total. The van der Waals surface area contributed by atoms with E-state index in [2.05, 4.69) is 25.7 Å². The van der Waals surface area contributed by atoms with Gasteiger partial charge in [0.2, 0.25) is 12.2 Å². The fourth-order valence-electron chi connectivity index (χ4n) is 5.20. The molecular weight excluding hydrogens is 579 g/mol. The molecular formula is C26H31F3N7O3S2+. The van der Waals surface area contributed by atoms with Gasteiger partial charge in [0.05, 0.1) is 30.2 Å². The van der Waals surface area contributed by atoms with Crippen LogP contribution in [-0.4, -0.2) is 84.7 Å². The van der Waals surface area contributed by atoms with Crippen molar-refractivity contribution < 1.29 is 30.8 Å². The van der Waals surface area contributed by atoms with Crippen molar-refractivity contribution in [2.24, 2.45) is 5.10 Å². The minimum atomic E-state index is -4.32. The van der Waals surface area contributed by atoms with Crippen molar-refractivity contribution in [1.82, 2.24) is 15.3 Å². The standard InChI is InChI=1S/C26H31F3N7O3S2/c1-30-25-33-23(20-10-19(11-26(27,28)29)40-24(20)34-25)35(2)21-8-18(9-22(21)37)31-12-15-4-6-16(7-5-15)17-13-32-36(14-17)41(3,38)39/h4-7,10,13-14,17-18,21-22,31,37H,8-9,11-12H2,1-3H3,(H,30,33,34)/q+1/t17?,18-,21+,22-/m1/s1. The fourth-order valence-corrected chi connectivity index (χ4v) is 6.83. The second-order valence-corrected chi connectivity index (χ2v) is 13.3. The summed E-state index contributed by atoms with van der Waals surface area (Å²) in [4.78, 5) is 11.3. The molecule has 5 rings (SSSR count). The molecule has 0 amide bonds. The predicted molar refractivity (Wildman–Crippen MR) is 154 cm³/mol. The first-order chi connectivity index (χ1) is 19.3. The van der Waals surface area contributed by atoms with Crippen molar-refractivity contribution in [1.29, 1.82) is 0 Å². The first-order valence-electron chi connectivity index (χ1n) is 13.0. The number of hydrazone groups is 1. The summed E-state index contributed by atoms with van der Waals surface area (Å²) in [5.74, 6) is 0.555. The molecule has 1 aliphatic heterocycles. The number of sulfonamides is 1. The van der Waals surface area contributed by atoms with Crippen LogP contribution in [0.4, 0.5) is 24.9 Å². The van der Waals surface area contributed by atoms with Gasteiger partial charge in [-0.2, -0.15) is 26.6 Å². The molecule has 10 nitrogen and oxygen atoms in total. The van der Waals surface area contributed by atoms with Crippen LogP contribution in [0.25, 0.3) is 10.2 Å². The number of hydrogen-bond donors (Lipinski definition) is 3. The van der Waals surface area contributed by atoms with Crippen molar-refractivity contribution in [3.8, 4) is 0 Å². The highest BCUT2D eigenvalue weighted by molar-refractivity contribution is 7.84. The van der Waals surface area contributed by atoms with Crippen LogP contribution in [0.5, 0.6) is 0 Å². The Balaban J connectivity index is 1.24. The number of aromatic nitrogens is 2. The van der Waals surface area contributed by atoms with Gasteiger partial charge in [-0.05, 0) is 30.0 Å². The topological polar surface area (TPSA) is 123 Å². The van der Waals surface area contributed by atoms with E-state index in [-0.39, 0.29) is 22.9 Å². The molecule has 0 spiro atoms. The van der Waals surface area contributed by atoms with Crippen LogP contribution in [0.2, 0.25) is 0 Å². The van der Waals surface area contributed by atoms with Gasteiger partial charge in [-0.1, -0.05) is 24.3 Å². The third-order valence-electron chi connectivity index (χ3n) is 7.28. The normalized spacial score (nSPS) is 22.9. The van der Waals surface area contributed by atoms with Crippen LogP contribution in [0.15, 0.2) is 35.4 Å². The minimum absolute atomic E-state index is 0.0140. The number of fused-ring (bicyclic) bond motifs is 1. The Morgan fingerprint density at radius 3 is 2.56 bits per heavy atom. The van der Waals surface area contributed by atoms with Crippen LogP contribution < -0.4 is 15.5 Å². The third-order valence-corrected chi connectivity index (χ3v) is 9.20. The van der Waals surface area contributed by atoms with Gasteiger partial charge in [-0.3, -0.25) is 0 Å². The van der Waals surface area contributed by atoms with E-state index in [0.717, 1.165) is 32.8 Å². The maximum absolute atomic E-state index is 13.0. The molecule has 220 valence electrons. The summed E-state index contributed by atoms with van der Waals surface area (Å²) in [7, 11) is 0.0183. The van der Waals surface area contributed by atoms with Gasteiger partial charge in [-0.15, -0.1) is 11.3 Å². The maximum Gasteiger partial charge on any atom is 0.393 e. The zero-order chi connectivity index (χ0) is 29.5. The van der Waals surface area contributed by atoms with E-state index in [1.165, 1.54) is 6.07 Å². The SMILES string of the molecule is CNc1nc(N(C)[C@H]2C[C@@H](NCc3ccc(C4C=N[N+](S(C)(=O)=O)=C4)cc3)C[C@H]2O)c2cc(CC(F)(F)F)sc2n1. The lowest BCUT2D eigenvalue weighted by atomic mass is 10.0. The molecule has 4 atom stereocenters. The van der Waals surface area contributed by atoms with E-state index in [1.807, 2.05) is 29.2 Å². The van der Waals surface area contributed by atoms with Gasteiger partial charge in [0.15, 0.2) is 0 Å². The van der Waals surface area contributed by atoms with Gasteiger partial charge >= 0.3 is 16.2 Å². The lowest BCUT2D eigenvalue weighted by Gasteiger charge is -2.29. The van der Waals surface area contributed by atoms with E-state index < -0.39 is 28.7 Å². The summed E-state index contributed by atoms with van der Waals surface area (Å²) in [5, 5.41) is 21.8. The number of halogens is 3. The highest BCUT2D eigenvalue weighted by Crippen LogP contribution is 2.37. The van der Waals surface area contributed by atoms with Gasteiger partial charge in [-0.25, -0.2) is 4.98 Å². The monoisotopic (exact) mass is 610 g/mol. The Bertz CT molecular complexity index is 1590. The molecule has 0 saturated heterocycles. The van der Waals surface area contributed by atoms with Crippen molar-refractivity contribution in [3.63, 3.8) is 0 Å². The van der Waals surface area contributed by atoms with Crippen LogP contribution in [0, 0.1) is 0 Å². The molecule has 3 heterocycles. The molecule has 0 bridgehead atoms. The zero-order valence-electron chi connectivity index (χ0n) is 22.6. The average molecular weight is 611 g/mol. The highest BCUT2D eigenvalue weighted by atomic mass is 32.2. The molecule has 41 heavy (non-hydrogen) atoms. The highest BCUT2D eigenvalue weighted by Gasteiger charge is 2.37. The first kappa shape index (κ1) is 29.4. The zero-order valence-corrected chi connectivity index (χ0v) is 24.3. The smallest absolute Gasteiger partial charge is 0.391 e. The summed E-state index contributed by atoms with van der Waals surface area (Å²) in [6.45, 7) is 0.568. The summed E-state index contributed by atoms with van der Waals surface area (Å²) < 4.78 is 63.4. The van der Waals surface area contributed by atoms with Gasteiger partial charge in [0.1, 0.15) is 22.8 Å². The molecule has 0 radical (unpaired) electrons. The van der Waals surface area contributed by atoms with E-state index >= 15 is 0 Å². The summed E-state index contributed by atoms with van der Waals surface area (Å²) in [6.07, 6.45) is -0.647. The van der Waals surface area contributed by atoms with Gasteiger partial charge in [0.25, 0.3) is 0 Å². The van der Waals surface area contributed by atoms with Crippen LogP contribution in [0.3, 0.4) is 0 Å². The number of benzene rings is 1. The average Bonchev–Trinajstić information content (AvgIpc) is 3.63. The number of nitrogens with one attached hydrogen (secondary N) is 2. The van der Waals surface area contributed by atoms with Crippen molar-refractivity contribution in [2.75, 3.05) is 30.6 Å². The molecule has 1 saturated carbocycles. The molecule has 1 fully saturated rings. The van der Waals surface area contributed by atoms with Gasteiger partial charge < -0.3 is 20.6 Å². The molecule has 15 heteroatoms. The number of thiophene rings is 1. The summed E-state index contributed by atoms with van der Waals surface area (Å²) in [5.41, 5.74) is 1.95. The fraction of sp³-hybridized carbons (Fsp3) is 0.462. The number of aliphatic hydroxyl groups is 1. The number of hydrogen-bond acceptors (Lipinski definition) is 10. The van der Waals surface area contributed by atoms with E-state index in [9.17, 15) is 26.7 Å². The quantitative estimate of drug-likeness (QED) is 0.316.